The van der Waals surface area contributed by atoms with Crippen LogP contribution in [0.4, 0.5) is 0 Å². The molecule has 2 nitrogen and oxygen atoms in total. The molecule has 0 N–H and O–H groups in total. The van der Waals surface area contributed by atoms with Crippen molar-refractivity contribution >= 4 is 29.0 Å². The van der Waals surface area contributed by atoms with Crippen molar-refractivity contribution in [2.45, 2.75) is 13.8 Å². The van der Waals surface area contributed by atoms with Crippen LogP contribution in [0.5, 0.6) is 5.75 Å². The number of hydrogen-bond donors (Lipinski definition) is 0. The minimum Gasteiger partial charge on any atom is -0.493 e. The Morgan fingerprint density at radius 2 is 1.95 bits per heavy atom. The molecule has 4 heteroatoms. The van der Waals surface area contributed by atoms with Crippen LogP contribution in [-0.4, -0.2) is 12.4 Å². The molecule has 0 atom stereocenters. The van der Waals surface area contributed by atoms with Crippen LogP contribution < -0.4 is 4.74 Å². The van der Waals surface area contributed by atoms with E-state index >= 15 is 0 Å². The van der Waals surface area contributed by atoms with E-state index in [4.69, 9.17) is 27.9 Å². The Bertz CT molecular complexity index is 651. The maximum absolute atomic E-state index is 12.6. The lowest BCUT2D eigenvalue weighted by Crippen LogP contribution is -2.06. The predicted molar refractivity (Wildman–Crippen MR) is 82.2 cm³/mol. The standard InChI is InChI=1S/C16H14Cl2O2/c1-3-20-15-7-10(2)14(18)9-13(15)16(19)11-5-4-6-12(17)8-11/h4-9H,3H2,1-2H3. The van der Waals surface area contributed by atoms with Crippen LogP contribution in [0.1, 0.15) is 28.4 Å². The molecular weight excluding hydrogens is 295 g/mol. The molecule has 0 heterocycles. The maximum Gasteiger partial charge on any atom is 0.196 e. The SMILES string of the molecule is CCOc1cc(C)c(Cl)cc1C(=O)c1cccc(Cl)c1. The van der Waals surface area contributed by atoms with Gasteiger partial charge in [-0.15, -0.1) is 0 Å². The number of halogens is 2. The minimum atomic E-state index is -0.155. The molecule has 2 aromatic carbocycles. The van der Waals surface area contributed by atoms with E-state index in [1.807, 2.05) is 13.8 Å². The monoisotopic (exact) mass is 308 g/mol. The summed E-state index contributed by atoms with van der Waals surface area (Å²) in [5.41, 5.74) is 1.83. The third-order valence-corrected chi connectivity index (χ3v) is 3.53. The van der Waals surface area contributed by atoms with Gasteiger partial charge in [-0.1, -0.05) is 35.3 Å². The highest BCUT2D eigenvalue weighted by Gasteiger charge is 2.17. The number of ether oxygens (including phenoxy) is 1. The lowest BCUT2D eigenvalue weighted by atomic mass is 10.0. The number of aryl methyl sites for hydroxylation is 1. The summed E-state index contributed by atoms with van der Waals surface area (Å²) in [5.74, 6) is 0.386. The number of ketones is 1. The van der Waals surface area contributed by atoms with Crippen LogP contribution in [-0.2, 0) is 0 Å². The zero-order valence-corrected chi connectivity index (χ0v) is 12.8. The Morgan fingerprint density at radius 3 is 2.60 bits per heavy atom. The quantitative estimate of drug-likeness (QED) is 0.748. The van der Waals surface area contributed by atoms with Crippen LogP contribution in [0, 0.1) is 6.92 Å². The first-order valence-electron chi connectivity index (χ1n) is 6.26. The van der Waals surface area contributed by atoms with Gasteiger partial charge in [0, 0.05) is 15.6 Å². The second kappa shape index (κ2) is 6.29. The topological polar surface area (TPSA) is 26.3 Å². The molecule has 0 bridgehead atoms. The molecule has 0 aromatic heterocycles. The van der Waals surface area contributed by atoms with Gasteiger partial charge in [0.2, 0.25) is 0 Å². The van der Waals surface area contributed by atoms with Gasteiger partial charge in [-0.25, -0.2) is 0 Å². The van der Waals surface area contributed by atoms with Gasteiger partial charge >= 0.3 is 0 Å². The molecule has 0 fully saturated rings. The van der Waals surface area contributed by atoms with Gasteiger partial charge in [0.05, 0.1) is 12.2 Å². The lowest BCUT2D eigenvalue weighted by molar-refractivity contribution is 0.103. The highest BCUT2D eigenvalue weighted by molar-refractivity contribution is 6.32. The van der Waals surface area contributed by atoms with Crippen LogP contribution in [0.15, 0.2) is 36.4 Å². The summed E-state index contributed by atoms with van der Waals surface area (Å²) in [6.45, 7) is 4.23. The van der Waals surface area contributed by atoms with E-state index in [9.17, 15) is 4.79 Å². The van der Waals surface area contributed by atoms with Gasteiger partial charge in [0.25, 0.3) is 0 Å². The van der Waals surface area contributed by atoms with E-state index in [1.165, 1.54) is 0 Å². The van der Waals surface area contributed by atoms with Crippen molar-refractivity contribution in [3.63, 3.8) is 0 Å². The van der Waals surface area contributed by atoms with Crippen molar-refractivity contribution < 1.29 is 9.53 Å². The van der Waals surface area contributed by atoms with Gasteiger partial charge in [-0.2, -0.15) is 0 Å². The molecule has 20 heavy (non-hydrogen) atoms. The van der Waals surface area contributed by atoms with Gasteiger partial charge in [0.1, 0.15) is 5.75 Å². The number of benzene rings is 2. The van der Waals surface area contributed by atoms with E-state index in [-0.39, 0.29) is 5.78 Å². The van der Waals surface area contributed by atoms with Crippen LogP contribution in [0.3, 0.4) is 0 Å². The summed E-state index contributed by atoms with van der Waals surface area (Å²) in [4.78, 5) is 12.6. The number of hydrogen-bond acceptors (Lipinski definition) is 2. The van der Waals surface area contributed by atoms with Gasteiger partial charge in [-0.05, 0) is 43.7 Å². The number of rotatable bonds is 4. The van der Waals surface area contributed by atoms with E-state index in [2.05, 4.69) is 0 Å². The van der Waals surface area contributed by atoms with E-state index in [0.717, 1.165) is 5.56 Å². The number of carbonyl (C=O) groups is 1. The maximum atomic E-state index is 12.6. The first kappa shape index (κ1) is 14.9. The highest BCUT2D eigenvalue weighted by Crippen LogP contribution is 2.29. The molecule has 0 saturated heterocycles. The fourth-order valence-corrected chi connectivity index (χ4v) is 2.25. The molecule has 2 rings (SSSR count). The Kier molecular flexibility index (Phi) is 4.69. The zero-order chi connectivity index (χ0) is 14.7. The lowest BCUT2D eigenvalue weighted by Gasteiger charge is -2.12. The Balaban J connectivity index is 2.50. The molecule has 0 aliphatic rings. The normalized spacial score (nSPS) is 10.4. The molecule has 104 valence electrons. The van der Waals surface area contributed by atoms with Gasteiger partial charge in [0.15, 0.2) is 5.78 Å². The highest BCUT2D eigenvalue weighted by atomic mass is 35.5. The predicted octanol–water partition coefficient (Wildman–Crippen LogP) is 4.93. The number of carbonyl (C=O) groups excluding carboxylic acids is 1. The van der Waals surface area contributed by atoms with Crippen molar-refractivity contribution in [2.75, 3.05) is 6.61 Å². The van der Waals surface area contributed by atoms with E-state index < -0.39 is 0 Å². The third-order valence-electron chi connectivity index (χ3n) is 2.89. The molecular formula is C16H14Cl2O2. The zero-order valence-electron chi connectivity index (χ0n) is 11.2. The van der Waals surface area contributed by atoms with E-state index in [0.29, 0.717) is 33.5 Å². The average Bonchev–Trinajstić information content (AvgIpc) is 2.42. The third kappa shape index (κ3) is 3.14. The summed E-state index contributed by atoms with van der Waals surface area (Å²) in [6.07, 6.45) is 0. The molecule has 0 amide bonds. The summed E-state index contributed by atoms with van der Waals surface area (Å²) in [7, 11) is 0. The fourth-order valence-electron chi connectivity index (χ4n) is 1.89. The molecule has 0 spiro atoms. The summed E-state index contributed by atoms with van der Waals surface area (Å²) >= 11 is 12.0. The Morgan fingerprint density at radius 1 is 1.20 bits per heavy atom. The van der Waals surface area contributed by atoms with Crippen molar-refractivity contribution in [3.8, 4) is 5.75 Å². The smallest absolute Gasteiger partial charge is 0.196 e. The molecule has 0 unspecified atom stereocenters. The van der Waals surface area contributed by atoms with Crippen LogP contribution >= 0.6 is 23.2 Å². The summed E-state index contributed by atoms with van der Waals surface area (Å²) in [5, 5.41) is 1.06. The van der Waals surface area contributed by atoms with E-state index in [1.54, 1.807) is 36.4 Å². The Hall–Kier alpha value is -1.51. The fraction of sp³-hybridized carbons (Fsp3) is 0.188. The van der Waals surface area contributed by atoms with Crippen molar-refractivity contribution in [2.24, 2.45) is 0 Å². The second-order valence-corrected chi connectivity index (χ2v) is 5.21. The summed E-state index contributed by atoms with van der Waals surface area (Å²) < 4.78 is 5.53. The second-order valence-electron chi connectivity index (χ2n) is 4.37. The first-order chi connectivity index (χ1) is 9.52. The molecule has 0 saturated carbocycles. The van der Waals surface area contributed by atoms with Gasteiger partial charge < -0.3 is 4.74 Å². The first-order valence-corrected chi connectivity index (χ1v) is 7.01. The summed E-state index contributed by atoms with van der Waals surface area (Å²) in [6, 6.07) is 10.2. The molecule has 2 aromatic rings. The molecule has 0 aliphatic heterocycles. The van der Waals surface area contributed by atoms with Crippen molar-refractivity contribution in [1.82, 2.24) is 0 Å². The largest absolute Gasteiger partial charge is 0.493 e. The van der Waals surface area contributed by atoms with Crippen molar-refractivity contribution in [3.05, 3.63) is 63.1 Å². The van der Waals surface area contributed by atoms with Crippen LogP contribution in [0.2, 0.25) is 10.0 Å². The molecule has 0 aliphatic carbocycles. The molecule has 0 radical (unpaired) electrons. The minimum absolute atomic E-state index is 0.155. The Labute approximate surface area is 128 Å². The van der Waals surface area contributed by atoms with Crippen LogP contribution in [0.25, 0.3) is 0 Å². The van der Waals surface area contributed by atoms with Crippen molar-refractivity contribution in [1.29, 1.82) is 0 Å². The van der Waals surface area contributed by atoms with Gasteiger partial charge in [-0.3, -0.25) is 4.79 Å². The average molecular weight is 309 g/mol.